The van der Waals surface area contributed by atoms with Gasteiger partial charge in [0.05, 0.1) is 11.8 Å². The highest BCUT2D eigenvalue weighted by molar-refractivity contribution is 7.97. The molecule has 0 saturated heterocycles. The molecule has 0 spiro atoms. The monoisotopic (exact) mass is 261 g/mol. The third kappa shape index (κ3) is 2.28. The number of hydrogen-bond acceptors (Lipinski definition) is 5. The average Bonchev–Trinajstić information content (AvgIpc) is 2.87. The van der Waals surface area contributed by atoms with Crippen LogP contribution in [0.5, 0.6) is 0 Å². The van der Waals surface area contributed by atoms with E-state index in [1.54, 1.807) is 11.8 Å². The van der Waals surface area contributed by atoms with Crippen molar-refractivity contribution in [3.63, 3.8) is 0 Å². The van der Waals surface area contributed by atoms with Gasteiger partial charge in [-0.1, -0.05) is 29.4 Å². The molecule has 5 heteroatoms. The van der Waals surface area contributed by atoms with Crippen LogP contribution < -0.4 is 5.32 Å². The summed E-state index contributed by atoms with van der Waals surface area (Å²) in [6, 6.07) is 8.62. The van der Waals surface area contributed by atoms with E-state index in [-0.39, 0.29) is 6.04 Å². The van der Waals surface area contributed by atoms with E-state index in [2.05, 4.69) is 39.7 Å². The van der Waals surface area contributed by atoms with Gasteiger partial charge in [0, 0.05) is 6.54 Å². The average molecular weight is 261 g/mol. The van der Waals surface area contributed by atoms with Crippen molar-refractivity contribution in [3.8, 4) is 0 Å². The van der Waals surface area contributed by atoms with Crippen molar-refractivity contribution in [3.05, 3.63) is 47.1 Å². The minimum Gasteiger partial charge on any atom is -0.338 e. The molecule has 2 heterocycles. The van der Waals surface area contributed by atoms with E-state index < -0.39 is 0 Å². The first-order valence-electron chi connectivity index (χ1n) is 5.98. The summed E-state index contributed by atoms with van der Waals surface area (Å²) in [5.74, 6) is 2.28. The zero-order chi connectivity index (χ0) is 12.4. The van der Waals surface area contributed by atoms with Crippen molar-refractivity contribution >= 4 is 11.8 Å². The fourth-order valence-corrected chi connectivity index (χ4v) is 2.60. The molecule has 3 rings (SSSR count). The van der Waals surface area contributed by atoms with Crippen molar-refractivity contribution in [1.29, 1.82) is 0 Å². The third-order valence-electron chi connectivity index (χ3n) is 3.14. The highest BCUT2D eigenvalue weighted by atomic mass is 32.2. The van der Waals surface area contributed by atoms with Crippen LogP contribution in [0.25, 0.3) is 0 Å². The molecule has 1 atom stereocenters. The number of benzene rings is 1. The predicted molar refractivity (Wildman–Crippen MR) is 71.2 cm³/mol. The van der Waals surface area contributed by atoms with Gasteiger partial charge in [-0.05, 0) is 23.8 Å². The van der Waals surface area contributed by atoms with Gasteiger partial charge < -0.3 is 9.84 Å². The molecule has 0 bridgehead atoms. The van der Waals surface area contributed by atoms with E-state index in [4.69, 9.17) is 4.52 Å². The maximum Gasteiger partial charge on any atom is 0.244 e. The number of nitrogens with one attached hydrogen (secondary N) is 1. The van der Waals surface area contributed by atoms with E-state index in [1.807, 2.05) is 6.26 Å². The molecule has 2 aromatic rings. The van der Waals surface area contributed by atoms with Crippen molar-refractivity contribution < 1.29 is 4.52 Å². The quantitative estimate of drug-likeness (QED) is 0.919. The Morgan fingerprint density at radius 2 is 2.22 bits per heavy atom. The first kappa shape index (κ1) is 11.7. The Morgan fingerprint density at radius 3 is 3.06 bits per heavy atom. The Bertz CT molecular complexity index is 541. The van der Waals surface area contributed by atoms with Crippen LogP contribution in [0.15, 0.2) is 28.8 Å². The van der Waals surface area contributed by atoms with Gasteiger partial charge in [-0.15, -0.1) is 0 Å². The van der Waals surface area contributed by atoms with Crippen LogP contribution >= 0.6 is 11.8 Å². The Labute approximate surface area is 110 Å². The van der Waals surface area contributed by atoms with E-state index in [1.165, 1.54) is 11.1 Å². The summed E-state index contributed by atoms with van der Waals surface area (Å²) in [5.41, 5.74) is 2.73. The SMILES string of the molecule is CSCc1noc([C@@H]2Cc3ccccc3CN2)n1. The molecule has 94 valence electrons. The van der Waals surface area contributed by atoms with Gasteiger partial charge in [0.15, 0.2) is 5.82 Å². The van der Waals surface area contributed by atoms with Crippen LogP contribution in [0.1, 0.15) is 28.9 Å². The van der Waals surface area contributed by atoms with Crippen molar-refractivity contribution in [2.24, 2.45) is 0 Å². The van der Waals surface area contributed by atoms with Crippen LogP contribution in [0.2, 0.25) is 0 Å². The maximum atomic E-state index is 5.33. The van der Waals surface area contributed by atoms with Crippen LogP contribution in [-0.4, -0.2) is 16.4 Å². The second-order valence-corrected chi connectivity index (χ2v) is 5.25. The minimum absolute atomic E-state index is 0.142. The summed E-state index contributed by atoms with van der Waals surface area (Å²) in [6.45, 7) is 0.862. The molecule has 4 nitrogen and oxygen atoms in total. The number of nitrogens with zero attached hydrogens (tertiary/aromatic N) is 2. The first-order chi connectivity index (χ1) is 8.86. The molecule has 0 saturated carbocycles. The molecule has 0 unspecified atom stereocenters. The number of aromatic nitrogens is 2. The number of fused-ring (bicyclic) bond motifs is 1. The second kappa shape index (κ2) is 5.12. The Balaban J connectivity index is 1.78. The molecular weight excluding hydrogens is 246 g/mol. The fraction of sp³-hybridized carbons (Fsp3) is 0.385. The molecule has 0 fully saturated rings. The molecule has 0 amide bonds. The molecule has 1 aliphatic heterocycles. The van der Waals surface area contributed by atoms with Gasteiger partial charge in [0.1, 0.15) is 0 Å². The summed E-state index contributed by atoms with van der Waals surface area (Å²) < 4.78 is 5.33. The van der Waals surface area contributed by atoms with Gasteiger partial charge >= 0.3 is 0 Å². The molecule has 1 aromatic carbocycles. The van der Waals surface area contributed by atoms with Gasteiger partial charge in [-0.3, -0.25) is 0 Å². The van der Waals surface area contributed by atoms with E-state index in [0.717, 1.165) is 24.5 Å². The molecule has 1 aliphatic rings. The maximum absolute atomic E-state index is 5.33. The van der Waals surface area contributed by atoms with E-state index >= 15 is 0 Å². The van der Waals surface area contributed by atoms with Crippen molar-refractivity contribution in [2.75, 3.05) is 6.26 Å². The normalized spacial score (nSPS) is 18.6. The van der Waals surface area contributed by atoms with Crippen molar-refractivity contribution in [1.82, 2.24) is 15.5 Å². The summed E-state index contributed by atoms with van der Waals surface area (Å²) >= 11 is 1.70. The minimum atomic E-state index is 0.142. The summed E-state index contributed by atoms with van der Waals surface area (Å²) in [4.78, 5) is 4.44. The summed E-state index contributed by atoms with van der Waals surface area (Å²) in [5, 5.41) is 7.43. The van der Waals surface area contributed by atoms with E-state index in [9.17, 15) is 0 Å². The van der Waals surface area contributed by atoms with Crippen LogP contribution in [0, 0.1) is 0 Å². The van der Waals surface area contributed by atoms with E-state index in [0.29, 0.717) is 5.89 Å². The lowest BCUT2D eigenvalue weighted by Crippen LogP contribution is -2.28. The molecule has 1 aromatic heterocycles. The van der Waals surface area contributed by atoms with Crippen LogP contribution in [0.4, 0.5) is 0 Å². The van der Waals surface area contributed by atoms with Crippen LogP contribution in [0.3, 0.4) is 0 Å². The fourth-order valence-electron chi connectivity index (χ4n) is 2.23. The second-order valence-electron chi connectivity index (χ2n) is 4.39. The summed E-state index contributed by atoms with van der Waals surface area (Å²) in [6.07, 6.45) is 2.95. The lowest BCUT2D eigenvalue weighted by atomic mass is 9.96. The lowest BCUT2D eigenvalue weighted by molar-refractivity contribution is 0.319. The number of hydrogen-bond donors (Lipinski definition) is 1. The number of rotatable bonds is 3. The van der Waals surface area contributed by atoms with Gasteiger partial charge in [-0.25, -0.2) is 0 Å². The Hall–Kier alpha value is -1.33. The molecule has 18 heavy (non-hydrogen) atoms. The lowest BCUT2D eigenvalue weighted by Gasteiger charge is -2.23. The van der Waals surface area contributed by atoms with Gasteiger partial charge in [0.25, 0.3) is 0 Å². The Morgan fingerprint density at radius 1 is 1.39 bits per heavy atom. The standard InChI is InChI=1S/C13H15N3OS/c1-18-8-12-15-13(17-16-12)11-6-9-4-2-3-5-10(9)7-14-11/h2-5,11,14H,6-8H2,1H3/t11-/m0/s1. The Kier molecular flexibility index (Phi) is 3.34. The molecule has 0 radical (unpaired) electrons. The predicted octanol–water partition coefficient (Wildman–Crippen LogP) is 2.32. The highest BCUT2D eigenvalue weighted by Crippen LogP contribution is 2.24. The van der Waals surface area contributed by atoms with Gasteiger partial charge in [0.2, 0.25) is 5.89 Å². The summed E-state index contributed by atoms with van der Waals surface area (Å²) in [7, 11) is 0. The topological polar surface area (TPSA) is 51.0 Å². The third-order valence-corrected chi connectivity index (χ3v) is 3.68. The van der Waals surface area contributed by atoms with Crippen molar-refractivity contribution in [2.45, 2.75) is 24.8 Å². The molecule has 0 aliphatic carbocycles. The first-order valence-corrected chi connectivity index (χ1v) is 7.38. The number of thioether (sulfide) groups is 1. The van der Waals surface area contributed by atoms with Gasteiger partial charge in [-0.2, -0.15) is 16.7 Å². The molecule has 1 N–H and O–H groups in total. The smallest absolute Gasteiger partial charge is 0.244 e. The largest absolute Gasteiger partial charge is 0.338 e. The zero-order valence-electron chi connectivity index (χ0n) is 10.2. The highest BCUT2D eigenvalue weighted by Gasteiger charge is 2.23. The molecular formula is C13H15N3OS. The zero-order valence-corrected chi connectivity index (χ0v) is 11.0. The van der Waals surface area contributed by atoms with Crippen LogP contribution in [-0.2, 0) is 18.7 Å².